The molecule has 0 fully saturated rings. The van der Waals surface area contributed by atoms with Gasteiger partial charge in [0, 0.05) is 17.8 Å². The fraction of sp³-hybridized carbons (Fsp3) is 0.278. The van der Waals surface area contributed by atoms with Crippen LogP contribution in [0, 0.1) is 13.8 Å². The van der Waals surface area contributed by atoms with Gasteiger partial charge in [0.05, 0.1) is 6.61 Å². The van der Waals surface area contributed by atoms with Gasteiger partial charge in [0.15, 0.2) is 0 Å². The van der Waals surface area contributed by atoms with Crippen LogP contribution in [0.3, 0.4) is 0 Å². The number of carbonyl (C=O) groups excluding carboxylic acids is 1. The zero-order chi connectivity index (χ0) is 16.7. The minimum absolute atomic E-state index is 0.0467. The van der Waals surface area contributed by atoms with E-state index >= 15 is 0 Å². The summed E-state index contributed by atoms with van der Waals surface area (Å²) in [6.07, 6.45) is 0. The first-order chi connectivity index (χ1) is 11.1. The maximum Gasteiger partial charge on any atom is 0.319 e. The average molecular weight is 314 g/mol. The lowest BCUT2D eigenvalue weighted by atomic mass is 10.1. The van der Waals surface area contributed by atoms with Crippen molar-refractivity contribution in [3.05, 3.63) is 59.2 Å². The van der Waals surface area contributed by atoms with E-state index in [9.17, 15) is 4.79 Å². The minimum Gasteiger partial charge on any atom is -0.491 e. The van der Waals surface area contributed by atoms with Crippen LogP contribution in [0.5, 0.6) is 5.75 Å². The lowest BCUT2D eigenvalue weighted by Crippen LogP contribution is -2.28. The van der Waals surface area contributed by atoms with Gasteiger partial charge in [-0.1, -0.05) is 30.3 Å². The number of para-hydroxylation sites is 1. The Morgan fingerprint density at radius 1 is 1.17 bits per heavy atom. The number of benzene rings is 2. The number of rotatable bonds is 6. The molecule has 0 spiro atoms. The first-order valence-electron chi connectivity index (χ1n) is 7.54. The second-order valence-electron chi connectivity index (χ2n) is 5.31. The fourth-order valence-corrected chi connectivity index (χ4v) is 2.16. The molecular formula is C18H22N2O3. The van der Waals surface area contributed by atoms with Gasteiger partial charge < -0.3 is 20.5 Å². The van der Waals surface area contributed by atoms with Crippen molar-refractivity contribution in [2.75, 3.05) is 18.5 Å². The number of ether oxygens (including phenoxy) is 1. The largest absolute Gasteiger partial charge is 0.491 e. The molecule has 0 saturated heterocycles. The van der Waals surface area contributed by atoms with E-state index in [0.717, 1.165) is 22.4 Å². The van der Waals surface area contributed by atoms with Gasteiger partial charge in [-0.2, -0.15) is 0 Å². The fourth-order valence-electron chi connectivity index (χ4n) is 2.16. The van der Waals surface area contributed by atoms with E-state index in [1.165, 1.54) is 0 Å². The molecule has 0 saturated carbocycles. The molecule has 0 heterocycles. The van der Waals surface area contributed by atoms with Crippen molar-refractivity contribution in [1.29, 1.82) is 0 Å². The van der Waals surface area contributed by atoms with Crippen molar-refractivity contribution in [1.82, 2.24) is 5.32 Å². The molecule has 0 unspecified atom stereocenters. The number of urea groups is 1. The molecule has 2 rings (SSSR count). The molecule has 2 amide bonds. The summed E-state index contributed by atoms with van der Waals surface area (Å²) in [6, 6.07) is 13.1. The second kappa shape index (κ2) is 8.19. The molecule has 2 aromatic carbocycles. The zero-order valence-electron chi connectivity index (χ0n) is 13.4. The summed E-state index contributed by atoms with van der Waals surface area (Å²) in [4.78, 5) is 12.1. The molecule has 5 heteroatoms. The standard InChI is InChI=1S/C18H22N2O3/c1-13-7-8-14(2)16(11-13)20-18(22)19-12-15-5-3-4-6-17(15)23-10-9-21/h3-8,11,21H,9-10,12H2,1-2H3,(H2,19,20,22). The Hall–Kier alpha value is -2.53. The molecule has 2 aromatic rings. The zero-order valence-corrected chi connectivity index (χ0v) is 13.4. The third kappa shape index (κ3) is 5.00. The lowest BCUT2D eigenvalue weighted by Gasteiger charge is -2.13. The van der Waals surface area contributed by atoms with Gasteiger partial charge in [-0.05, 0) is 37.1 Å². The van der Waals surface area contributed by atoms with E-state index in [4.69, 9.17) is 9.84 Å². The molecular weight excluding hydrogens is 292 g/mol. The van der Waals surface area contributed by atoms with Crippen LogP contribution in [-0.4, -0.2) is 24.4 Å². The average Bonchev–Trinajstić information content (AvgIpc) is 2.55. The van der Waals surface area contributed by atoms with Crippen molar-refractivity contribution >= 4 is 11.7 Å². The number of amides is 2. The molecule has 23 heavy (non-hydrogen) atoms. The van der Waals surface area contributed by atoms with Crippen LogP contribution < -0.4 is 15.4 Å². The first kappa shape index (κ1) is 16.8. The van der Waals surface area contributed by atoms with Crippen LogP contribution in [0.15, 0.2) is 42.5 Å². The van der Waals surface area contributed by atoms with Crippen LogP contribution in [0.4, 0.5) is 10.5 Å². The molecule has 5 nitrogen and oxygen atoms in total. The number of hydrogen-bond acceptors (Lipinski definition) is 3. The van der Waals surface area contributed by atoms with Gasteiger partial charge in [-0.25, -0.2) is 4.79 Å². The van der Waals surface area contributed by atoms with Crippen molar-refractivity contribution < 1.29 is 14.6 Å². The predicted octanol–water partition coefficient (Wildman–Crippen LogP) is 3.00. The van der Waals surface area contributed by atoms with Gasteiger partial charge in [-0.15, -0.1) is 0 Å². The Morgan fingerprint density at radius 2 is 1.96 bits per heavy atom. The molecule has 0 aliphatic heterocycles. The highest BCUT2D eigenvalue weighted by molar-refractivity contribution is 5.90. The van der Waals surface area contributed by atoms with Gasteiger partial charge in [0.25, 0.3) is 0 Å². The third-order valence-corrected chi connectivity index (χ3v) is 3.40. The highest BCUT2D eigenvalue weighted by atomic mass is 16.5. The van der Waals surface area contributed by atoms with E-state index in [2.05, 4.69) is 10.6 Å². The molecule has 0 bridgehead atoms. The molecule has 0 aromatic heterocycles. The van der Waals surface area contributed by atoms with Crippen molar-refractivity contribution in [2.24, 2.45) is 0 Å². The molecule has 0 atom stereocenters. The van der Waals surface area contributed by atoms with Crippen LogP contribution in [0.25, 0.3) is 0 Å². The van der Waals surface area contributed by atoms with Crippen LogP contribution in [0.2, 0.25) is 0 Å². The summed E-state index contributed by atoms with van der Waals surface area (Å²) in [7, 11) is 0. The van der Waals surface area contributed by atoms with Gasteiger partial charge in [0.1, 0.15) is 12.4 Å². The maximum absolute atomic E-state index is 12.1. The summed E-state index contributed by atoms with van der Waals surface area (Å²) in [5.41, 5.74) is 3.76. The molecule has 3 N–H and O–H groups in total. The minimum atomic E-state index is -0.268. The molecule has 122 valence electrons. The Labute approximate surface area is 136 Å². The topological polar surface area (TPSA) is 70.6 Å². The lowest BCUT2D eigenvalue weighted by molar-refractivity contribution is 0.200. The highest BCUT2D eigenvalue weighted by Crippen LogP contribution is 2.18. The smallest absolute Gasteiger partial charge is 0.319 e. The van der Waals surface area contributed by atoms with Crippen LogP contribution in [-0.2, 0) is 6.54 Å². The molecule has 0 aliphatic carbocycles. The second-order valence-corrected chi connectivity index (χ2v) is 5.31. The normalized spacial score (nSPS) is 10.2. The van der Waals surface area contributed by atoms with Crippen LogP contribution in [0.1, 0.15) is 16.7 Å². The number of hydrogen-bond donors (Lipinski definition) is 3. The monoisotopic (exact) mass is 314 g/mol. The van der Waals surface area contributed by atoms with E-state index in [-0.39, 0.29) is 19.2 Å². The van der Waals surface area contributed by atoms with E-state index in [1.807, 2.05) is 56.3 Å². The highest BCUT2D eigenvalue weighted by Gasteiger charge is 2.07. The first-order valence-corrected chi connectivity index (χ1v) is 7.54. The number of anilines is 1. The SMILES string of the molecule is Cc1ccc(C)c(NC(=O)NCc2ccccc2OCCO)c1. The summed E-state index contributed by atoms with van der Waals surface area (Å²) in [5, 5.41) is 14.5. The number of carbonyl (C=O) groups is 1. The van der Waals surface area contributed by atoms with Crippen LogP contribution >= 0.6 is 0 Å². The quantitative estimate of drug-likeness (QED) is 0.767. The molecule has 0 radical (unpaired) electrons. The van der Waals surface area contributed by atoms with Gasteiger partial charge in [0.2, 0.25) is 0 Å². The van der Waals surface area contributed by atoms with Gasteiger partial charge >= 0.3 is 6.03 Å². The van der Waals surface area contributed by atoms with E-state index < -0.39 is 0 Å². The Balaban J connectivity index is 1.95. The van der Waals surface area contributed by atoms with E-state index in [0.29, 0.717) is 12.3 Å². The Kier molecular flexibility index (Phi) is 6.00. The Morgan fingerprint density at radius 3 is 2.74 bits per heavy atom. The number of nitrogens with one attached hydrogen (secondary N) is 2. The summed E-state index contributed by atoms with van der Waals surface area (Å²) in [5.74, 6) is 0.661. The Bertz CT molecular complexity index is 671. The van der Waals surface area contributed by atoms with E-state index in [1.54, 1.807) is 0 Å². The van der Waals surface area contributed by atoms with Crippen molar-refractivity contribution in [3.63, 3.8) is 0 Å². The maximum atomic E-state index is 12.1. The number of aliphatic hydroxyl groups is 1. The predicted molar refractivity (Wildman–Crippen MR) is 90.8 cm³/mol. The summed E-state index contributed by atoms with van der Waals surface area (Å²) < 4.78 is 5.45. The number of aryl methyl sites for hydroxylation is 2. The summed E-state index contributed by atoms with van der Waals surface area (Å²) >= 11 is 0. The molecule has 0 aliphatic rings. The summed E-state index contributed by atoms with van der Waals surface area (Å²) in [6.45, 7) is 4.46. The van der Waals surface area contributed by atoms with Crippen molar-refractivity contribution in [3.8, 4) is 5.75 Å². The van der Waals surface area contributed by atoms with Crippen molar-refractivity contribution in [2.45, 2.75) is 20.4 Å². The third-order valence-electron chi connectivity index (χ3n) is 3.40. The number of aliphatic hydroxyl groups excluding tert-OH is 1. The van der Waals surface area contributed by atoms with Gasteiger partial charge in [-0.3, -0.25) is 0 Å².